The Kier molecular flexibility index (Phi) is 8.29. The fourth-order valence-electron chi connectivity index (χ4n) is 4.07. The summed E-state index contributed by atoms with van der Waals surface area (Å²) in [6.07, 6.45) is 2.76. The molecule has 194 valence electrons. The summed E-state index contributed by atoms with van der Waals surface area (Å²) in [7, 11) is 0. The molecule has 1 aliphatic rings. The number of ether oxygens (including phenoxy) is 4. The number of carbonyl (C=O) groups is 1. The minimum absolute atomic E-state index is 0.0774. The van der Waals surface area contributed by atoms with Crippen molar-refractivity contribution in [1.29, 1.82) is 0 Å². The van der Waals surface area contributed by atoms with Crippen LogP contribution in [-0.4, -0.2) is 48.0 Å². The Morgan fingerprint density at radius 2 is 2.14 bits per heavy atom. The van der Waals surface area contributed by atoms with E-state index in [0.29, 0.717) is 32.8 Å². The SMILES string of the molecule is CCOC(=O)[C@@H](Cc1ccccc1OC[C@@H]1CCCO1)Oc1ncnc2sc(-c3ccc(Cl)o3)c(Br)c12. The number of fused-ring (bicyclic) bond motifs is 1. The molecule has 8 nitrogen and oxygen atoms in total. The predicted octanol–water partition coefficient (Wildman–Crippen LogP) is 6.48. The van der Waals surface area contributed by atoms with Crippen LogP contribution in [0, 0.1) is 0 Å². The van der Waals surface area contributed by atoms with Crippen molar-refractivity contribution >= 4 is 55.1 Å². The highest BCUT2D eigenvalue weighted by Crippen LogP contribution is 2.45. The Hall–Kier alpha value is -2.66. The molecule has 1 aliphatic heterocycles. The smallest absolute Gasteiger partial charge is 0.347 e. The first kappa shape index (κ1) is 26.0. The van der Waals surface area contributed by atoms with Crippen molar-refractivity contribution in [3.63, 3.8) is 0 Å². The highest BCUT2D eigenvalue weighted by Gasteiger charge is 2.28. The number of carbonyl (C=O) groups excluding carboxylic acids is 1. The number of benzene rings is 1. The van der Waals surface area contributed by atoms with Crippen LogP contribution in [0.5, 0.6) is 11.6 Å². The van der Waals surface area contributed by atoms with Gasteiger partial charge in [-0.25, -0.2) is 14.8 Å². The zero-order valence-electron chi connectivity index (χ0n) is 19.9. The van der Waals surface area contributed by atoms with Crippen LogP contribution in [0.1, 0.15) is 25.3 Å². The number of halogens is 2. The average Bonchev–Trinajstić information content (AvgIpc) is 3.64. The van der Waals surface area contributed by atoms with Crippen LogP contribution in [0.4, 0.5) is 0 Å². The largest absolute Gasteiger partial charge is 0.491 e. The van der Waals surface area contributed by atoms with E-state index in [2.05, 4.69) is 25.9 Å². The third kappa shape index (κ3) is 5.93. The zero-order valence-corrected chi connectivity index (χ0v) is 23.1. The molecule has 5 rings (SSSR count). The molecule has 2 atom stereocenters. The Bertz CT molecular complexity index is 1390. The topological polar surface area (TPSA) is 92.9 Å². The summed E-state index contributed by atoms with van der Waals surface area (Å²) in [4.78, 5) is 23.2. The molecule has 0 amide bonds. The second-order valence-electron chi connectivity index (χ2n) is 8.32. The van der Waals surface area contributed by atoms with E-state index < -0.39 is 12.1 Å². The van der Waals surface area contributed by atoms with E-state index in [1.54, 1.807) is 19.1 Å². The van der Waals surface area contributed by atoms with Crippen LogP contribution < -0.4 is 9.47 Å². The van der Waals surface area contributed by atoms with Gasteiger partial charge in [0.05, 0.1) is 27.4 Å². The molecule has 1 fully saturated rings. The fraction of sp³-hybridized carbons (Fsp3) is 0.346. The van der Waals surface area contributed by atoms with Crippen LogP contribution in [0.3, 0.4) is 0 Å². The molecular weight excluding hydrogens is 584 g/mol. The van der Waals surface area contributed by atoms with Gasteiger partial charge in [-0.15, -0.1) is 11.3 Å². The van der Waals surface area contributed by atoms with Crippen molar-refractivity contribution in [3.8, 4) is 22.3 Å². The summed E-state index contributed by atoms with van der Waals surface area (Å²) in [5, 5.41) is 0.914. The summed E-state index contributed by atoms with van der Waals surface area (Å²) in [6, 6.07) is 11.0. The second-order valence-corrected chi connectivity index (χ2v) is 10.5. The molecule has 0 unspecified atom stereocenters. The van der Waals surface area contributed by atoms with E-state index in [1.807, 2.05) is 24.3 Å². The number of hydrogen-bond acceptors (Lipinski definition) is 9. The molecule has 11 heteroatoms. The van der Waals surface area contributed by atoms with Gasteiger partial charge in [0.1, 0.15) is 29.3 Å². The van der Waals surface area contributed by atoms with E-state index in [-0.39, 0.29) is 30.2 Å². The Balaban J connectivity index is 1.43. The van der Waals surface area contributed by atoms with Crippen molar-refractivity contribution in [1.82, 2.24) is 9.97 Å². The number of hydrogen-bond donors (Lipinski definition) is 0. The molecule has 0 aliphatic carbocycles. The van der Waals surface area contributed by atoms with E-state index in [0.717, 1.165) is 29.9 Å². The Morgan fingerprint density at radius 1 is 1.27 bits per heavy atom. The van der Waals surface area contributed by atoms with Gasteiger partial charge in [0.15, 0.2) is 5.22 Å². The van der Waals surface area contributed by atoms with Crippen LogP contribution in [0.2, 0.25) is 5.22 Å². The van der Waals surface area contributed by atoms with Gasteiger partial charge in [0.25, 0.3) is 0 Å². The average molecular weight is 608 g/mol. The van der Waals surface area contributed by atoms with Crippen LogP contribution >= 0.6 is 38.9 Å². The van der Waals surface area contributed by atoms with Gasteiger partial charge in [-0.05, 0) is 71.1 Å². The fourth-order valence-corrected chi connectivity index (χ4v) is 6.13. The monoisotopic (exact) mass is 606 g/mol. The van der Waals surface area contributed by atoms with Crippen molar-refractivity contribution in [3.05, 3.63) is 58.0 Å². The molecule has 0 spiro atoms. The molecule has 0 bridgehead atoms. The maximum atomic E-state index is 13.0. The van der Waals surface area contributed by atoms with Gasteiger partial charge in [-0.1, -0.05) is 18.2 Å². The van der Waals surface area contributed by atoms with Gasteiger partial charge in [0.2, 0.25) is 12.0 Å². The number of esters is 1. The van der Waals surface area contributed by atoms with Crippen molar-refractivity contribution in [2.45, 2.75) is 38.4 Å². The Morgan fingerprint density at radius 3 is 2.89 bits per heavy atom. The molecular formula is C26H24BrClN2O6S. The van der Waals surface area contributed by atoms with Crippen LogP contribution in [0.25, 0.3) is 20.9 Å². The van der Waals surface area contributed by atoms with Gasteiger partial charge in [-0.2, -0.15) is 0 Å². The first-order valence-electron chi connectivity index (χ1n) is 11.9. The zero-order chi connectivity index (χ0) is 25.8. The quantitative estimate of drug-likeness (QED) is 0.189. The third-order valence-electron chi connectivity index (χ3n) is 5.82. The summed E-state index contributed by atoms with van der Waals surface area (Å²) >= 11 is 11.0. The summed E-state index contributed by atoms with van der Waals surface area (Å²) in [5.74, 6) is 1.03. The van der Waals surface area contributed by atoms with Crippen LogP contribution in [0.15, 0.2) is 51.6 Å². The lowest BCUT2D eigenvalue weighted by molar-refractivity contribution is -0.151. The van der Waals surface area contributed by atoms with Gasteiger partial charge < -0.3 is 23.4 Å². The number of para-hydroxylation sites is 1. The second kappa shape index (κ2) is 11.8. The first-order valence-corrected chi connectivity index (χ1v) is 13.9. The van der Waals surface area contributed by atoms with Crippen molar-refractivity contribution in [2.75, 3.05) is 19.8 Å². The summed E-state index contributed by atoms with van der Waals surface area (Å²) < 4.78 is 29.6. The predicted molar refractivity (Wildman–Crippen MR) is 143 cm³/mol. The number of furan rings is 1. The highest BCUT2D eigenvalue weighted by molar-refractivity contribution is 9.10. The lowest BCUT2D eigenvalue weighted by Gasteiger charge is -2.20. The van der Waals surface area contributed by atoms with Gasteiger partial charge in [-0.3, -0.25) is 0 Å². The maximum Gasteiger partial charge on any atom is 0.347 e. The van der Waals surface area contributed by atoms with Crippen molar-refractivity contribution < 1.29 is 28.2 Å². The molecule has 0 saturated carbocycles. The Labute approximate surface area is 231 Å². The minimum atomic E-state index is -0.959. The van der Waals surface area contributed by atoms with Gasteiger partial charge >= 0.3 is 5.97 Å². The maximum absolute atomic E-state index is 13.0. The standard InChI is InChI=1S/C26H24BrClN2O6S/c1-2-32-26(31)19(12-15-6-3-4-8-17(15)34-13-16-7-5-11-33-16)36-24-21-22(27)23(18-9-10-20(28)35-18)37-25(21)30-14-29-24/h3-4,6,8-10,14,16,19H,2,5,7,11-13H2,1H3/t16-,19+/m0/s1. The molecule has 1 saturated heterocycles. The number of thiophene rings is 1. The summed E-state index contributed by atoms with van der Waals surface area (Å²) in [6.45, 7) is 3.19. The normalized spacial score (nSPS) is 16.1. The lowest BCUT2D eigenvalue weighted by Crippen LogP contribution is -2.32. The molecule has 0 N–H and O–H groups in total. The highest BCUT2D eigenvalue weighted by atomic mass is 79.9. The van der Waals surface area contributed by atoms with Crippen LogP contribution in [-0.2, 0) is 20.7 Å². The molecule has 37 heavy (non-hydrogen) atoms. The van der Waals surface area contributed by atoms with Gasteiger partial charge in [0, 0.05) is 13.0 Å². The molecule has 3 aromatic heterocycles. The van der Waals surface area contributed by atoms with E-state index >= 15 is 0 Å². The first-order chi connectivity index (χ1) is 18.0. The van der Waals surface area contributed by atoms with E-state index in [9.17, 15) is 4.79 Å². The molecule has 4 aromatic rings. The number of nitrogens with zero attached hydrogens (tertiary/aromatic N) is 2. The summed E-state index contributed by atoms with van der Waals surface area (Å²) in [5.41, 5.74) is 0.819. The van der Waals surface area contributed by atoms with E-state index in [4.69, 9.17) is 35.0 Å². The minimum Gasteiger partial charge on any atom is -0.491 e. The lowest BCUT2D eigenvalue weighted by atomic mass is 10.1. The third-order valence-corrected chi connectivity index (χ3v) is 8.19. The number of aromatic nitrogens is 2. The van der Waals surface area contributed by atoms with E-state index in [1.165, 1.54) is 17.7 Å². The molecule has 1 aromatic carbocycles. The molecule has 4 heterocycles. The van der Waals surface area contributed by atoms with Crippen molar-refractivity contribution in [2.24, 2.45) is 0 Å². The molecule has 0 radical (unpaired) electrons. The number of rotatable bonds is 10.